The van der Waals surface area contributed by atoms with E-state index in [0.717, 1.165) is 17.0 Å². The van der Waals surface area contributed by atoms with Gasteiger partial charge in [0.25, 0.3) is 0 Å². The fourth-order valence-corrected chi connectivity index (χ4v) is 2.30. The fourth-order valence-electron chi connectivity index (χ4n) is 2.30. The van der Waals surface area contributed by atoms with Crippen LogP contribution < -0.4 is 23.7 Å². The van der Waals surface area contributed by atoms with E-state index in [1.807, 2.05) is 24.3 Å². The minimum atomic E-state index is 0.140. The zero-order chi connectivity index (χ0) is 16.2. The molecule has 0 atom stereocenters. The molecule has 23 heavy (non-hydrogen) atoms. The van der Waals surface area contributed by atoms with E-state index in [9.17, 15) is 0 Å². The molecule has 0 saturated heterocycles. The van der Waals surface area contributed by atoms with Crippen LogP contribution in [-0.2, 0) is 0 Å². The van der Waals surface area contributed by atoms with E-state index in [1.54, 1.807) is 33.6 Å². The van der Waals surface area contributed by atoms with Crippen LogP contribution in [0.4, 0.5) is 5.69 Å². The van der Waals surface area contributed by atoms with E-state index < -0.39 is 0 Å². The third kappa shape index (κ3) is 2.88. The monoisotopic (exact) mass is 315 g/mol. The van der Waals surface area contributed by atoms with Crippen molar-refractivity contribution in [3.63, 3.8) is 0 Å². The van der Waals surface area contributed by atoms with Crippen LogP contribution >= 0.6 is 0 Å². The molecule has 2 aromatic rings. The van der Waals surface area contributed by atoms with Crippen LogP contribution in [0.15, 0.2) is 35.3 Å². The Labute approximate surface area is 134 Å². The maximum Gasteiger partial charge on any atom is 0.231 e. The second-order valence-corrected chi connectivity index (χ2v) is 4.72. The van der Waals surface area contributed by atoms with Gasteiger partial charge in [-0.25, -0.2) is 0 Å². The van der Waals surface area contributed by atoms with Gasteiger partial charge in [-0.2, -0.15) is 0 Å². The molecule has 0 bridgehead atoms. The smallest absolute Gasteiger partial charge is 0.231 e. The van der Waals surface area contributed by atoms with Crippen molar-refractivity contribution in [3.8, 4) is 28.7 Å². The molecule has 0 fully saturated rings. The van der Waals surface area contributed by atoms with Crippen molar-refractivity contribution in [2.24, 2.45) is 4.99 Å². The van der Waals surface area contributed by atoms with Gasteiger partial charge in [0.2, 0.25) is 18.3 Å². The predicted octanol–water partition coefficient (Wildman–Crippen LogP) is 3.19. The molecule has 0 aromatic heterocycles. The minimum absolute atomic E-state index is 0.140. The van der Waals surface area contributed by atoms with Gasteiger partial charge in [0.1, 0.15) is 5.75 Å². The largest absolute Gasteiger partial charge is 0.497 e. The van der Waals surface area contributed by atoms with Crippen LogP contribution in [0.2, 0.25) is 0 Å². The van der Waals surface area contributed by atoms with Gasteiger partial charge in [0.05, 0.1) is 27.0 Å². The summed E-state index contributed by atoms with van der Waals surface area (Å²) in [5.41, 5.74) is 1.54. The average molecular weight is 315 g/mol. The Bertz CT molecular complexity index is 725. The van der Waals surface area contributed by atoms with Crippen molar-refractivity contribution >= 4 is 11.9 Å². The summed E-state index contributed by atoms with van der Waals surface area (Å²) < 4.78 is 26.8. The Morgan fingerprint density at radius 2 is 1.70 bits per heavy atom. The van der Waals surface area contributed by atoms with E-state index in [-0.39, 0.29) is 6.79 Å². The standard InChI is InChI=1S/C17H17NO5/c1-19-13-6-4-12(5-7-13)18-9-11-8-14(20-2)16-17(15(11)21-3)23-10-22-16/h4-9H,10H2,1-3H3. The molecule has 1 heterocycles. The van der Waals surface area contributed by atoms with Gasteiger partial charge in [-0.05, 0) is 30.3 Å². The summed E-state index contributed by atoms with van der Waals surface area (Å²) >= 11 is 0. The van der Waals surface area contributed by atoms with Crippen LogP contribution in [-0.4, -0.2) is 34.3 Å². The topological polar surface area (TPSA) is 58.5 Å². The van der Waals surface area contributed by atoms with Crippen LogP contribution in [0.1, 0.15) is 5.56 Å². The molecule has 1 aliphatic heterocycles. The number of nitrogens with zero attached hydrogens (tertiary/aromatic N) is 1. The molecule has 0 spiro atoms. The average Bonchev–Trinajstić information content (AvgIpc) is 3.08. The van der Waals surface area contributed by atoms with Crippen LogP contribution in [0, 0.1) is 0 Å². The number of rotatable bonds is 5. The van der Waals surface area contributed by atoms with E-state index in [2.05, 4.69) is 4.99 Å². The summed E-state index contributed by atoms with van der Waals surface area (Å²) in [5.74, 6) is 3.00. The number of ether oxygens (including phenoxy) is 5. The molecule has 2 aromatic carbocycles. The first kappa shape index (κ1) is 15.0. The molecule has 0 radical (unpaired) electrons. The Hall–Kier alpha value is -2.89. The van der Waals surface area contributed by atoms with E-state index in [4.69, 9.17) is 23.7 Å². The van der Waals surface area contributed by atoms with E-state index in [1.165, 1.54) is 0 Å². The van der Waals surface area contributed by atoms with Gasteiger partial charge in [-0.15, -0.1) is 0 Å². The highest BCUT2D eigenvalue weighted by atomic mass is 16.7. The van der Waals surface area contributed by atoms with Crippen LogP contribution in [0.5, 0.6) is 28.7 Å². The van der Waals surface area contributed by atoms with E-state index in [0.29, 0.717) is 23.0 Å². The van der Waals surface area contributed by atoms with Crippen molar-refractivity contribution in [1.82, 2.24) is 0 Å². The number of methoxy groups -OCH3 is 3. The molecular weight excluding hydrogens is 298 g/mol. The van der Waals surface area contributed by atoms with Gasteiger partial charge in [-0.1, -0.05) is 0 Å². The number of benzene rings is 2. The predicted molar refractivity (Wildman–Crippen MR) is 85.9 cm³/mol. The zero-order valence-electron chi connectivity index (χ0n) is 13.2. The summed E-state index contributed by atoms with van der Waals surface area (Å²) in [7, 11) is 4.78. The normalized spacial score (nSPS) is 12.5. The first-order valence-corrected chi connectivity index (χ1v) is 6.99. The molecule has 0 saturated carbocycles. The lowest BCUT2D eigenvalue weighted by atomic mass is 10.1. The Morgan fingerprint density at radius 1 is 0.957 bits per heavy atom. The van der Waals surface area contributed by atoms with Crippen molar-refractivity contribution in [1.29, 1.82) is 0 Å². The highest BCUT2D eigenvalue weighted by Gasteiger charge is 2.26. The van der Waals surface area contributed by atoms with Crippen molar-refractivity contribution in [3.05, 3.63) is 35.9 Å². The number of aliphatic imine (C=N–C) groups is 1. The minimum Gasteiger partial charge on any atom is -0.497 e. The maximum atomic E-state index is 5.48. The van der Waals surface area contributed by atoms with Gasteiger partial charge < -0.3 is 23.7 Å². The van der Waals surface area contributed by atoms with Crippen LogP contribution in [0.3, 0.4) is 0 Å². The maximum absolute atomic E-state index is 5.48. The Kier molecular flexibility index (Phi) is 4.23. The molecule has 0 aliphatic carbocycles. The molecule has 120 valence electrons. The Balaban J connectivity index is 1.96. The highest BCUT2D eigenvalue weighted by Crippen LogP contribution is 2.49. The third-order valence-electron chi connectivity index (χ3n) is 3.44. The quantitative estimate of drug-likeness (QED) is 0.793. The molecule has 3 rings (SSSR count). The fraction of sp³-hybridized carbons (Fsp3) is 0.235. The van der Waals surface area contributed by atoms with Gasteiger partial charge in [0.15, 0.2) is 11.5 Å². The van der Waals surface area contributed by atoms with E-state index >= 15 is 0 Å². The summed E-state index contributed by atoms with van der Waals surface area (Å²) in [4.78, 5) is 4.45. The lowest BCUT2D eigenvalue weighted by Gasteiger charge is -2.11. The summed E-state index contributed by atoms with van der Waals surface area (Å²) in [6.07, 6.45) is 1.70. The van der Waals surface area contributed by atoms with Crippen molar-refractivity contribution in [2.75, 3.05) is 28.1 Å². The second kappa shape index (κ2) is 6.48. The molecule has 0 N–H and O–H groups in total. The number of hydrogen-bond acceptors (Lipinski definition) is 6. The Morgan fingerprint density at radius 3 is 2.35 bits per heavy atom. The summed E-state index contributed by atoms with van der Waals surface area (Å²) in [6, 6.07) is 9.24. The van der Waals surface area contributed by atoms with Crippen molar-refractivity contribution < 1.29 is 23.7 Å². The second-order valence-electron chi connectivity index (χ2n) is 4.72. The van der Waals surface area contributed by atoms with Crippen molar-refractivity contribution in [2.45, 2.75) is 0 Å². The summed E-state index contributed by atoms with van der Waals surface area (Å²) in [5, 5.41) is 0. The van der Waals surface area contributed by atoms with Gasteiger partial charge in [0, 0.05) is 11.8 Å². The molecule has 1 aliphatic rings. The first-order valence-electron chi connectivity index (χ1n) is 6.99. The summed E-state index contributed by atoms with van der Waals surface area (Å²) in [6.45, 7) is 0.140. The third-order valence-corrected chi connectivity index (χ3v) is 3.44. The van der Waals surface area contributed by atoms with Crippen LogP contribution in [0.25, 0.3) is 0 Å². The molecule has 6 nitrogen and oxygen atoms in total. The molecule has 0 unspecified atom stereocenters. The SMILES string of the molecule is COc1ccc(N=Cc2cc(OC)c3c(c2OC)OCO3)cc1. The highest BCUT2D eigenvalue weighted by molar-refractivity contribution is 5.89. The molecule has 0 amide bonds. The number of hydrogen-bond donors (Lipinski definition) is 0. The van der Waals surface area contributed by atoms with Gasteiger partial charge in [-0.3, -0.25) is 4.99 Å². The zero-order valence-corrected chi connectivity index (χ0v) is 13.2. The number of fused-ring (bicyclic) bond motifs is 1. The van der Waals surface area contributed by atoms with Gasteiger partial charge >= 0.3 is 0 Å². The molecular formula is C17H17NO5. The molecule has 6 heteroatoms. The first-order chi connectivity index (χ1) is 11.3. The lowest BCUT2D eigenvalue weighted by Crippen LogP contribution is -1.95. The lowest BCUT2D eigenvalue weighted by molar-refractivity contribution is 0.168.